The van der Waals surface area contributed by atoms with E-state index in [1.807, 2.05) is 60.7 Å². The van der Waals surface area contributed by atoms with Gasteiger partial charge < -0.3 is 10.2 Å². The number of aromatic nitrogens is 1. The fourth-order valence-electron chi connectivity index (χ4n) is 2.85. The van der Waals surface area contributed by atoms with E-state index in [1.165, 1.54) is 0 Å². The van der Waals surface area contributed by atoms with Gasteiger partial charge >= 0.3 is 0 Å². The molecule has 2 aromatic carbocycles. The summed E-state index contributed by atoms with van der Waals surface area (Å²) in [6.45, 7) is 0. The predicted octanol–water partition coefficient (Wildman–Crippen LogP) is 3.46. The predicted molar refractivity (Wildman–Crippen MR) is 90.1 cm³/mol. The smallest absolute Gasteiger partial charge is 0.140 e. The molecule has 1 heterocycles. The lowest BCUT2D eigenvalue weighted by atomic mass is 9.84. The van der Waals surface area contributed by atoms with Crippen molar-refractivity contribution >= 4 is 0 Å². The maximum Gasteiger partial charge on any atom is 0.140 e. The molecule has 0 aliphatic rings. The average molecular weight is 305 g/mol. The van der Waals surface area contributed by atoms with Gasteiger partial charge in [0.2, 0.25) is 0 Å². The number of nitrogens with zero attached hydrogens (tertiary/aromatic N) is 1. The number of hydrogen-bond donors (Lipinski definition) is 2. The van der Waals surface area contributed by atoms with Crippen LogP contribution in [-0.2, 0) is 18.4 Å². The van der Waals surface area contributed by atoms with E-state index < -0.39 is 5.60 Å². The van der Waals surface area contributed by atoms with Crippen LogP contribution in [0.15, 0.2) is 79.0 Å². The van der Waals surface area contributed by atoms with Crippen molar-refractivity contribution in [1.29, 1.82) is 0 Å². The first-order valence-corrected chi connectivity index (χ1v) is 7.62. The molecule has 3 heteroatoms. The van der Waals surface area contributed by atoms with E-state index in [9.17, 15) is 10.2 Å². The van der Waals surface area contributed by atoms with Gasteiger partial charge in [-0.3, -0.25) is 4.98 Å². The standard InChI is InChI=1S/C20H19NO2/c22-18-12-7-13-21-19(18)20(23,14-16-8-3-1-4-9-16)15-17-10-5-2-6-11-17/h1-13,22-23H,14-15H2. The maximum absolute atomic E-state index is 11.3. The molecule has 0 fully saturated rings. The summed E-state index contributed by atoms with van der Waals surface area (Å²) in [5.41, 5.74) is 1.04. The normalized spacial score (nSPS) is 11.3. The molecule has 0 saturated heterocycles. The molecule has 0 atom stereocenters. The number of aromatic hydroxyl groups is 1. The fourth-order valence-corrected chi connectivity index (χ4v) is 2.85. The number of hydrogen-bond acceptors (Lipinski definition) is 3. The van der Waals surface area contributed by atoms with Crippen molar-refractivity contribution in [3.63, 3.8) is 0 Å². The highest BCUT2D eigenvalue weighted by molar-refractivity contribution is 5.34. The molecule has 3 rings (SSSR count). The SMILES string of the molecule is Oc1cccnc1C(O)(Cc1ccccc1)Cc1ccccc1. The van der Waals surface area contributed by atoms with Crippen LogP contribution in [0, 0.1) is 0 Å². The Labute approximate surface area is 135 Å². The molecule has 2 N–H and O–H groups in total. The van der Waals surface area contributed by atoms with Gasteiger partial charge in [-0.15, -0.1) is 0 Å². The van der Waals surface area contributed by atoms with Gasteiger partial charge in [0.05, 0.1) is 0 Å². The second-order valence-electron chi connectivity index (χ2n) is 5.73. The Hall–Kier alpha value is -2.65. The van der Waals surface area contributed by atoms with Crippen molar-refractivity contribution in [3.8, 4) is 5.75 Å². The van der Waals surface area contributed by atoms with E-state index in [4.69, 9.17) is 0 Å². The molecule has 0 bridgehead atoms. The molecule has 23 heavy (non-hydrogen) atoms. The summed E-state index contributed by atoms with van der Waals surface area (Å²) in [7, 11) is 0. The highest BCUT2D eigenvalue weighted by Gasteiger charge is 2.34. The van der Waals surface area contributed by atoms with E-state index in [-0.39, 0.29) is 5.75 Å². The van der Waals surface area contributed by atoms with E-state index in [0.717, 1.165) is 11.1 Å². The molecule has 3 nitrogen and oxygen atoms in total. The zero-order chi connectivity index (χ0) is 16.1. The molecule has 116 valence electrons. The molecule has 0 spiro atoms. The highest BCUT2D eigenvalue weighted by Crippen LogP contribution is 2.33. The van der Waals surface area contributed by atoms with Gasteiger partial charge in [-0.05, 0) is 23.3 Å². The second-order valence-corrected chi connectivity index (χ2v) is 5.73. The first-order valence-electron chi connectivity index (χ1n) is 7.62. The van der Waals surface area contributed by atoms with Crippen LogP contribution in [-0.4, -0.2) is 15.2 Å². The Morgan fingerprint density at radius 2 is 1.26 bits per heavy atom. The van der Waals surface area contributed by atoms with Gasteiger partial charge in [-0.1, -0.05) is 60.7 Å². The first-order chi connectivity index (χ1) is 11.2. The Morgan fingerprint density at radius 3 is 1.74 bits per heavy atom. The van der Waals surface area contributed by atoms with Crippen molar-refractivity contribution in [2.45, 2.75) is 18.4 Å². The second kappa shape index (κ2) is 6.63. The van der Waals surface area contributed by atoms with E-state index in [0.29, 0.717) is 18.5 Å². The Balaban J connectivity index is 2.00. The summed E-state index contributed by atoms with van der Waals surface area (Å²) in [4.78, 5) is 4.24. The van der Waals surface area contributed by atoms with Crippen LogP contribution in [0.4, 0.5) is 0 Å². The van der Waals surface area contributed by atoms with Crippen molar-refractivity contribution in [3.05, 3.63) is 95.8 Å². The molecular formula is C20H19NO2. The van der Waals surface area contributed by atoms with Crippen molar-refractivity contribution < 1.29 is 10.2 Å². The molecule has 1 aromatic heterocycles. The lowest BCUT2D eigenvalue weighted by Crippen LogP contribution is -2.32. The first kappa shape index (κ1) is 15.3. The summed E-state index contributed by atoms with van der Waals surface area (Å²) >= 11 is 0. The third kappa shape index (κ3) is 3.58. The molecule has 3 aromatic rings. The van der Waals surface area contributed by atoms with Crippen molar-refractivity contribution in [2.24, 2.45) is 0 Å². The Bertz CT molecular complexity index is 715. The minimum absolute atomic E-state index is 0.0156. The summed E-state index contributed by atoms with van der Waals surface area (Å²) in [5.74, 6) is 0.0156. The lowest BCUT2D eigenvalue weighted by Gasteiger charge is -2.28. The maximum atomic E-state index is 11.3. The fraction of sp³-hybridized carbons (Fsp3) is 0.150. The van der Waals surface area contributed by atoms with Crippen molar-refractivity contribution in [2.75, 3.05) is 0 Å². The van der Waals surface area contributed by atoms with Crippen LogP contribution in [0.5, 0.6) is 5.75 Å². The molecule has 0 unspecified atom stereocenters. The Morgan fingerprint density at radius 1 is 0.739 bits per heavy atom. The average Bonchev–Trinajstić information content (AvgIpc) is 2.57. The lowest BCUT2D eigenvalue weighted by molar-refractivity contribution is 0.0302. The molecule has 0 radical (unpaired) electrons. The zero-order valence-electron chi connectivity index (χ0n) is 12.8. The molecule has 0 aliphatic carbocycles. The molecule has 0 saturated carbocycles. The monoisotopic (exact) mass is 305 g/mol. The van der Waals surface area contributed by atoms with Crippen molar-refractivity contribution in [1.82, 2.24) is 4.98 Å². The number of rotatable bonds is 5. The van der Waals surface area contributed by atoms with Crippen LogP contribution >= 0.6 is 0 Å². The van der Waals surface area contributed by atoms with Crippen LogP contribution in [0.25, 0.3) is 0 Å². The highest BCUT2D eigenvalue weighted by atomic mass is 16.3. The topological polar surface area (TPSA) is 53.4 Å². The quantitative estimate of drug-likeness (QED) is 0.759. The van der Waals surface area contributed by atoms with E-state index >= 15 is 0 Å². The van der Waals surface area contributed by atoms with Gasteiger partial charge in [-0.2, -0.15) is 0 Å². The third-order valence-corrected chi connectivity index (χ3v) is 3.91. The Kier molecular flexibility index (Phi) is 4.40. The summed E-state index contributed by atoms with van der Waals surface area (Å²) in [6, 6.07) is 22.7. The minimum atomic E-state index is -1.27. The number of aliphatic hydroxyl groups is 1. The van der Waals surface area contributed by atoms with Crippen LogP contribution in [0.1, 0.15) is 16.8 Å². The van der Waals surface area contributed by atoms with Gasteiger partial charge in [-0.25, -0.2) is 0 Å². The van der Waals surface area contributed by atoms with Gasteiger partial charge in [0.1, 0.15) is 17.0 Å². The summed E-state index contributed by atoms with van der Waals surface area (Å²) in [6.07, 6.45) is 2.36. The minimum Gasteiger partial charge on any atom is -0.506 e. The number of benzene rings is 2. The van der Waals surface area contributed by atoms with E-state index in [1.54, 1.807) is 18.3 Å². The van der Waals surface area contributed by atoms with Crippen LogP contribution < -0.4 is 0 Å². The van der Waals surface area contributed by atoms with Gasteiger partial charge in [0.15, 0.2) is 0 Å². The van der Waals surface area contributed by atoms with Crippen LogP contribution in [0.3, 0.4) is 0 Å². The molecular weight excluding hydrogens is 286 g/mol. The number of pyridine rings is 1. The van der Waals surface area contributed by atoms with E-state index in [2.05, 4.69) is 4.98 Å². The largest absolute Gasteiger partial charge is 0.506 e. The summed E-state index contributed by atoms with van der Waals surface area (Å²) in [5, 5.41) is 21.5. The van der Waals surface area contributed by atoms with Gasteiger partial charge in [0.25, 0.3) is 0 Å². The zero-order valence-corrected chi connectivity index (χ0v) is 12.8. The molecule has 0 aliphatic heterocycles. The third-order valence-electron chi connectivity index (χ3n) is 3.91. The summed E-state index contributed by atoms with van der Waals surface area (Å²) < 4.78 is 0. The van der Waals surface area contributed by atoms with Crippen LogP contribution in [0.2, 0.25) is 0 Å². The molecule has 0 amide bonds. The van der Waals surface area contributed by atoms with Gasteiger partial charge in [0, 0.05) is 19.0 Å².